The SMILES string of the molecule is CN(C)C1CCN(c2ccc([N+](=O)[O-])c(NC(c3ccccc3)c3ccccc3)c2)CC1. The molecule has 0 aliphatic carbocycles. The molecule has 1 fully saturated rings. The van der Waals surface area contributed by atoms with E-state index < -0.39 is 0 Å². The maximum atomic E-state index is 11.8. The fraction of sp³-hybridized carbons (Fsp3) is 0.308. The Kier molecular flexibility index (Phi) is 6.71. The van der Waals surface area contributed by atoms with Crippen LogP contribution in [0.3, 0.4) is 0 Å². The van der Waals surface area contributed by atoms with Crippen LogP contribution in [0.4, 0.5) is 17.1 Å². The van der Waals surface area contributed by atoms with E-state index in [0.29, 0.717) is 11.7 Å². The first kappa shape index (κ1) is 21.8. The van der Waals surface area contributed by atoms with E-state index in [4.69, 9.17) is 0 Å². The molecule has 1 saturated heterocycles. The predicted molar refractivity (Wildman–Crippen MR) is 130 cm³/mol. The number of piperidine rings is 1. The summed E-state index contributed by atoms with van der Waals surface area (Å²) in [5, 5.41) is 15.3. The second-order valence-electron chi connectivity index (χ2n) is 8.54. The summed E-state index contributed by atoms with van der Waals surface area (Å²) in [6.07, 6.45) is 2.17. The Morgan fingerprint density at radius 3 is 2.00 bits per heavy atom. The third-order valence-electron chi connectivity index (χ3n) is 6.30. The largest absolute Gasteiger partial charge is 0.371 e. The van der Waals surface area contributed by atoms with Crippen LogP contribution in [0.25, 0.3) is 0 Å². The first-order valence-corrected chi connectivity index (χ1v) is 11.1. The number of hydrogen-bond acceptors (Lipinski definition) is 5. The number of anilines is 2. The number of nitro benzene ring substituents is 1. The molecule has 0 amide bonds. The van der Waals surface area contributed by atoms with Gasteiger partial charge >= 0.3 is 0 Å². The van der Waals surface area contributed by atoms with Crippen LogP contribution >= 0.6 is 0 Å². The van der Waals surface area contributed by atoms with Gasteiger partial charge in [0.2, 0.25) is 0 Å². The van der Waals surface area contributed by atoms with E-state index in [0.717, 1.165) is 42.7 Å². The number of benzene rings is 3. The lowest BCUT2D eigenvalue weighted by atomic mass is 9.98. The standard InChI is InChI=1S/C26H30N4O2/c1-28(2)22-15-17-29(18-16-22)23-13-14-25(30(31)32)24(19-23)27-26(20-9-5-3-6-10-20)21-11-7-4-8-12-21/h3-14,19,22,26-27H,15-18H2,1-2H3. The number of nitrogens with zero attached hydrogens (tertiary/aromatic N) is 3. The average molecular weight is 431 g/mol. The lowest BCUT2D eigenvalue weighted by molar-refractivity contribution is -0.384. The van der Waals surface area contributed by atoms with Crippen molar-refractivity contribution in [2.75, 3.05) is 37.4 Å². The predicted octanol–water partition coefficient (Wildman–Crippen LogP) is 5.33. The van der Waals surface area contributed by atoms with Crippen LogP contribution in [0.2, 0.25) is 0 Å². The zero-order chi connectivity index (χ0) is 22.5. The third kappa shape index (κ3) is 4.92. The van der Waals surface area contributed by atoms with Crippen molar-refractivity contribution in [1.29, 1.82) is 0 Å². The summed E-state index contributed by atoms with van der Waals surface area (Å²) < 4.78 is 0. The molecule has 0 saturated carbocycles. The summed E-state index contributed by atoms with van der Waals surface area (Å²) in [7, 11) is 4.25. The molecule has 0 atom stereocenters. The van der Waals surface area contributed by atoms with Crippen molar-refractivity contribution in [3.8, 4) is 0 Å². The first-order valence-electron chi connectivity index (χ1n) is 11.1. The second-order valence-corrected chi connectivity index (χ2v) is 8.54. The molecule has 32 heavy (non-hydrogen) atoms. The average Bonchev–Trinajstić information content (AvgIpc) is 2.83. The van der Waals surface area contributed by atoms with Gasteiger partial charge < -0.3 is 15.1 Å². The number of hydrogen-bond donors (Lipinski definition) is 1. The summed E-state index contributed by atoms with van der Waals surface area (Å²) in [5.41, 5.74) is 3.78. The van der Waals surface area contributed by atoms with E-state index in [-0.39, 0.29) is 16.7 Å². The van der Waals surface area contributed by atoms with Crippen LogP contribution in [0.1, 0.15) is 30.0 Å². The van der Waals surface area contributed by atoms with Crippen LogP contribution in [-0.4, -0.2) is 43.0 Å². The van der Waals surface area contributed by atoms with E-state index in [1.54, 1.807) is 6.07 Å². The minimum Gasteiger partial charge on any atom is -0.371 e. The van der Waals surface area contributed by atoms with Gasteiger partial charge in [0, 0.05) is 30.9 Å². The van der Waals surface area contributed by atoms with E-state index >= 15 is 0 Å². The molecule has 6 nitrogen and oxygen atoms in total. The molecule has 1 N–H and O–H groups in total. The summed E-state index contributed by atoms with van der Waals surface area (Å²) in [6.45, 7) is 1.89. The Balaban J connectivity index is 1.66. The Bertz CT molecular complexity index is 993. The maximum Gasteiger partial charge on any atom is 0.292 e. The van der Waals surface area contributed by atoms with Crippen LogP contribution in [0.5, 0.6) is 0 Å². The Labute approximate surface area is 189 Å². The maximum absolute atomic E-state index is 11.8. The number of nitrogens with one attached hydrogen (secondary N) is 1. The van der Waals surface area contributed by atoms with Crippen molar-refractivity contribution >= 4 is 17.1 Å². The van der Waals surface area contributed by atoms with Gasteiger partial charge in [0.15, 0.2) is 0 Å². The summed E-state index contributed by atoms with van der Waals surface area (Å²) in [6, 6.07) is 26.0. The van der Waals surface area contributed by atoms with Crippen LogP contribution in [0.15, 0.2) is 78.9 Å². The topological polar surface area (TPSA) is 61.7 Å². The molecule has 6 heteroatoms. The van der Waals surface area contributed by atoms with Gasteiger partial charge in [-0.2, -0.15) is 0 Å². The molecule has 0 aromatic heterocycles. The van der Waals surface area contributed by atoms with Gasteiger partial charge in [-0.1, -0.05) is 60.7 Å². The van der Waals surface area contributed by atoms with Gasteiger partial charge in [0.1, 0.15) is 5.69 Å². The summed E-state index contributed by atoms with van der Waals surface area (Å²) in [4.78, 5) is 16.1. The molecule has 4 rings (SSSR count). The highest BCUT2D eigenvalue weighted by Crippen LogP contribution is 2.35. The van der Waals surface area contributed by atoms with Crippen molar-refractivity contribution in [3.63, 3.8) is 0 Å². The Morgan fingerprint density at radius 1 is 0.938 bits per heavy atom. The van der Waals surface area contributed by atoms with Crippen molar-refractivity contribution in [2.24, 2.45) is 0 Å². The molecular formula is C26H30N4O2. The highest BCUT2D eigenvalue weighted by Gasteiger charge is 2.24. The van der Waals surface area contributed by atoms with Gasteiger partial charge in [-0.15, -0.1) is 0 Å². The van der Waals surface area contributed by atoms with E-state index in [1.165, 1.54) is 0 Å². The van der Waals surface area contributed by atoms with E-state index in [9.17, 15) is 10.1 Å². The minimum absolute atomic E-state index is 0.0915. The van der Waals surface area contributed by atoms with E-state index in [1.807, 2.05) is 72.8 Å². The van der Waals surface area contributed by atoms with Crippen LogP contribution in [-0.2, 0) is 0 Å². The lowest BCUT2D eigenvalue weighted by Gasteiger charge is -2.36. The number of rotatable bonds is 7. The molecule has 0 spiro atoms. The third-order valence-corrected chi connectivity index (χ3v) is 6.30. The van der Waals surface area contributed by atoms with Gasteiger partial charge in [-0.25, -0.2) is 0 Å². The molecule has 0 unspecified atom stereocenters. The summed E-state index contributed by atoms with van der Waals surface area (Å²) in [5.74, 6) is 0. The summed E-state index contributed by atoms with van der Waals surface area (Å²) >= 11 is 0. The highest BCUT2D eigenvalue weighted by atomic mass is 16.6. The quantitative estimate of drug-likeness (QED) is 0.406. The normalized spacial score (nSPS) is 14.7. The van der Waals surface area contributed by atoms with Gasteiger partial charge in [0.25, 0.3) is 5.69 Å². The Morgan fingerprint density at radius 2 is 1.50 bits per heavy atom. The van der Waals surface area contributed by atoms with Gasteiger partial charge in [-0.3, -0.25) is 10.1 Å². The molecule has 3 aromatic carbocycles. The lowest BCUT2D eigenvalue weighted by Crippen LogP contribution is -2.42. The molecule has 0 bridgehead atoms. The molecule has 1 aliphatic heterocycles. The van der Waals surface area contributed by atoms with Crippen molar-refractivity contribution < 1.29 is 4.92 Å². The van der Waals surface area contributed by atoms with E-state index in [2.05, 4.69) is 29.2 Å². The number of nitro groups is 1. The zero-order valence-electron chi connectivity index (χ0n) is 18.6. The zero-order valence-corrected chi connectivity index (χ0v) is 18.6. The highest BCUT2D eigenvalue weighted by molar-refractivity contribution is 5.70. The molecule has 166 valence electrons. The molecule has 1 heterocycles. The van der Waals surface area contributed by atoms with Crippen molar-refractivity contribution in [2.45, 2.75) is 24.9 Å². The fourth-order valence-electron chi connectivity index (χ4n) is 4.44. The smallest absolute Gasteiger partial charge is 0.292 e. The van der Waals surface area contributed by atoms with Crippen molar-refractivity contribution in [1.82, 2.24) is 4.90 Å². The molecule has 0 radical (unpaired) electrons. The molecule has 3 aromatic rings. The second kappa shape index (κ2) is 9.83. The van der Waals surface area contributed by atoms with Gasteiger partial charge in [0.05, 0.1) is 11.0 Å². The Hall–Kier alpha value is -3.38. The molecule has 1 aliphatic rings. The fourth-order valence-corrected chi connectivity index (χ4v) is 4.44. The first-order chi connectivity index (χ1) is 15.5. The van der Waals surface area contributed by atoms with Crippen LogP contribution in [0, 0.1) is 10.1 Å². The van der Waals surface area contributed by atoms with Crippen molar-refractivity contribution in [3.05, 3.63) is 100 Å². The monoisotopic (exact) mass is 430 g/mol. The molecular weight excluding hydrogens is 400 g/mol. The van der Waals surface area contributed by atoms with Gasteiger partial charge in [-0.05, 0) is 50.2 Å². The minimum atomic E-state index is -0.308. The van der Waals surface area contributed by atoms with Crippen LogP contribution < -0.4 is 10.2 Å².